The summed E-state index contributed by atoms with van der Waals surface area (Å²) in [5, 5.41) is 0. The molecule has 0 saturated heterocycles. The molecule has 1 aliphatic rings. The van der Waals surface area contributed by atoms with E-state index in [1.54, 1.807) is 6.20 Å². The van der Waals surface area contributed by atoms with Crippen molar-refractivity contribution >= 4 is 0 Å². The topological polar surface area (TPSA) is 48.1 Å². The van der Waals surface area contributed by atoms with E-state index in [1.807, 2.05) is 13.1 Å². The number of hydrogen-bond donors (Lipinski definition) is 1. The molecule has 0 atom stereocenters. The van der Waals surface area contributed by atoms with Crippen LogP contribution in [-0.2, 0) is 6.54 Å². The Labute approximate surface area is 77.9 Å². The molecule has 0 amide bonds. The van der Waals surface area contributed by atoms with Crippen molar-refractivity contribution in [3.8, 4) is 5.75 Å². The number of nitrogens with zero attached hydrogens (tertiary/aromatic N) is 1. The van der Waals surface area contributed by atoms with Crippen LogP contribution in [0.5, 0.6) is 5.75 Å². The third-order valence-electron chi connectivity index (χ3n) is 2.26. The van der Waals surface area contributed by atoms with Crippen molar-refractivity contribution in [1.29, 1.82) is 0 Å². The fraction of sp³-hybridized carbons (Fsp3) is 0.500. The summed E-state index contributed by atoms with van der Waals surface area (Å²) < 4.78 is 5.69. The Morgan fingerprint density at radius 1 is 1.54 bits per heavy atom. The Bertz CT molecular complexity index is 308. The fourth-order valence-electron chi connectivity index (χ4n) is 1.30. The van der Waals surface area contributed by atoms with Crippen molar-refractivity contribution in [2.75, 3.05) is 0 Å². The lowest BCUT2D eigenvalue weighted by Crippen LogP contribution is -2.06. The smallest absolute Gasteiger partial charge is 0.142 e. The normalized spacial score (nSPS) is 15.8. The van der Waals surface area contributed by atoms with Crippen LogP contribution in [0.1, 0.15) is 24.0 Å². The number of ether oxygens (including phenoxy) is 1. The number of rotatable bonds is 3. The highest BCUT2D eigenvalue weighted by Crippen LogP contribution is 2.29. The second-order valence-corrected chi connectivity index (χ2v) is 3.45. The zero-order valence-electron chi connectivity index (χ0n) is 7.79. The van der Waals surface area contributed by atoms with E-state index in [0.717, 1.165) is 29.7 Å². The molecule has 2 rings (SSSR count). The first-order chi connectivity index (χ1) is 6.31. The number of pyridine rings is 1. The van der Waals surface area contributed by atoms with Gasteiger partial charge in [-0.3, -0.25) is 4.98 Å². The van der Waals surface area contributed by atoms with Crippen LogP contribution < -0.4 is 10.5 Å². The van der Waals surface area contributed by atoms with Gasteiger partial charge in [-0.2, -0.15) is 0 Å². The molecular weight excluding hydrogens is 164 g/mol. The Morgan fingerprint density at radius 3 is 2.92 bits per heavy atom. The summed E-state index contributed by atoms with van der Waals surface area (Å²) in [6, 6.07) is 0. The quantitative estimate of drug-likeness (QED) is 0.760. The zero-order chi connectivity index (χ0) is 9.26. The van der Waals surface area contributed by atoms with Crippen LogP contribution in [0.3, 0.4) is 0 Å². The summed E-state index contributed by atoms with van der Waals surface area (Å²) in [5.41, 5.74) is 7.84. The summed E-state index contributed by atoms with van der Waals surface area (Å²) in [7, 11) is 0. The van der Waals surface area contributed by atoms with Gasteiger partial charge in [0.15, 0.2) is 0 Å². The molecule has 0 aliphatic heterocycles. The lowest BCUT2D eigenvalue weighted by molar-refractivity contribution is 0.298. The van der Waals surface area contributed by atoms with Gasteiger partial charge in [0, 0.05) is 18.3 Å². The van der Waals surface area contributed by atoms with Crippen LogP contribution in [0.4, 0.5) is 0 Å². The molecule has 1 heterocycles. The van der Waals surface area contributed by atoms with E-state index in [9.17, 15) is 0 Å². The summed E-state index contributed by atoms with van der Waals surface area (Å²) in [5.74, 6) is 0.866. The van der Waals surface area contributed by atoms with Crippen molar-refractivity contribution < 1.29 is 4.74 Å². The maximum Gasteiger partial charge on any atom is 0.142 e. The highest BCUT2D eigenvalue weighted by molar-refractivity contribution is 5.36. The van der Waals surface area contributed by atoms with Crippen molar-refractivity contribution in [3.05, 3.63) is 23.5 Å². The molecule has 1 aliphatic carbocycles. The van der Waals surface area contributed by atoms with Gasteiger partial charge in [0.25, 0.3) is 0 Å². The van der Waals surface area contributed by atoms with Gasteiger partial charge >= 0.3 is 0 Å². The lowest BCUT2D eigenvalue weighted by atomic mass is 10.1. The van der Waals surface area contributed by atoms with Crippen molar-refractivity contribution in [1.82, 2.24) is 4.98 Å². The maximum atomic E-state index is 5.69. The summed E-state index contributed by atoms with van der Waals surface area (Å²) in [4.78, 5) is 4.09. The van der Waals surface area contributed by atoms with E-state index in [2.05, 4.69) is 4.98 Å². The first-order valence-corrected chi connectivity index (χ1v) is 4.61. The number of aryl methyl sites for hydroxylation is 1. The van der Waals surface area contributed by atoms with Gasteiger partial charge in [-0.05, 0) is 25.3 Å². The van der Waals surface area contributed by atoms with Gasteiger partial charge in [-0.1, -0.05) is 0 Å². The Balaban J connectivity index is 2.25. The minimum atomic E-state index is 0.411. The van der Waals surface area contributed by atoms with E-state index in [-0.39, 0.29) is 0 Å². The van der Waals surface area contributed by atoms with E-state index in [4.69, 9.17) is 10.5 Å². The molecule has 1 aromatic rings. The van der Waals surface area contributed by atoms with Crippen LogP contribution >= 0.6 is 0 Å². The molecule has 1 fully saturated rings. The molecule has 0 radical (unpaired) electrons. The van der Waals surface area contributed by atoms with Gasteiger partial charge in [0.05, 0.1) is 12.3 Å². The molecule has 0 aromatic carbocycles. The molecule has 70 valence electrons. The molecular formula is C10H14N2O. The third kappa shape index (κ3) is 1.80. The van der Waals surface area contributed by atoms with Crippen molar-refractivity contribution in [2.45, 2.75) is 32.4 Å². The predicted octanol–water partition coefficient (Wildman–Crippen LogP) is 1.39. The second kappa shape index (κ2) is 3.34. The summed E-state index contributed by atoms with van der Waals surface area (Å²) in [6.45, 7) is 2.53. The highest BCUT2D eigenvalue weighted by Gasteiger charge is 2.24. The van der Waals surface area contributed by atoms with Crippen LogP contribution in [0, 0.1) is 6.92 Å². The van der Waals surface area contributed by atoms with E-state index >= 15 is 0 Å². The fourth-order valence-corrected chi connectivity index (χ4v) is 1.30. The predicted molar refractivity (Wildman–Crippen MR) is 50.5 cm³/mol. The monoisotopic (exact) mass is 178 g/mol. The van der Waals surface area contributed by atoms with E-state index in [0.29, 0.717) is 12.6 Å². The van der Waals surface area contributed by atoms with E-state index in [1.165, 1.54) is 0 Å². The largest absolute Gasteiger partial charge is 0.488 e. The molecule has 3 nitrogen and oxygen atoms in total. The Hall–Kier alpha value is -1.09. The van der Waals surface area contributed by atoms with Gasteiger partial charge in [0.2, 0.25) is 0 Å². The molecule has 1 saturated carbocycles. The molecule has 2 N–H and O–H groups in total. The molecule has 3 heteroatoms. The van der Waals surface area contributed by atoms with Crippen molar-refractivity contribution in [2.24, 2.45) is 5.73 Å². The summed E-state index contributed by atoms with van der Waals surface area (Å²) in [6.07, 6.45) is 6.32. The molecule has 0 spiro atoms. The van der Waals surface area contributed by atoms with Gasteiger partial charge in [-0.15, -0.1) is 0 Å². The molecule has 1 aromatic heterocycles. The average molecular weight is 178 g/mol. The van der Waals surface area contributed by atoms with Crippen LogP contribution in [-0.4, -0.2) is 11.1 Å². The third-order valence-corrected chi connectivity index (χ3v) is 2.26. The number of hydrogen-bond acceptors (Lipinski definition) is 3. The Kier molecular flexibility index (Phi) is 2.19. The minimum absolute atomic E-state index is 0.411. The first kappa shape index (κ1) is 8.51. The van der Waals surface area contributed by atoms with Crippen LogP contribution in [0.15, 0.2) is 12.4 Å². The highest BCUT2D eigenvalue weighted by atomic mass is 16.5. The first-order valence-electron chi connectivity index (χ1n) is 4.61. The molecule has 0 unspecified atom stereocenters. The Morgan fingerprint density at radius 2 is 2.31 bits per heavy atom. The molecule has 0 bridgehead atoms. The standard InChI is InChI=1S/C10H14N2O/c1-7-5-12-6-10(9(7)4-11)13-8-2-3-8/h5-6,8H,2-4,11H2,1H3. The second-order valence-electron chi connectivity index (χ2n) is 3.45. The lowest BCUT2D eigenvalue weighted by Gasteiger charge is -2.10. The van der Waals surface area contributed by atoms with Crippen LogP contribution in [0.25, 0.3) is 0 Å². The van der Waals surface area contributed by atoms with Crippen molar-refractivity contribution in [3.63, 3.8) is 0 Å². The van der Waals surface area contributed by atoms with Gasteiger partial charge in [0.1, 0.15) is 5.75 Å². The SMILES string of the molecule is Cc1cncc(OC2CC2)c1CN. The van der Waals surface area contributed by atoms with Gasteiger partial charge < -0.3 is 10.5 Å². The van der Waals surface area contributed by atoms with Gasteiger partial charge in [-0.25, -0.2) is 0 Å². The van der Waals surface area contributed by atoms with Crippen LogP contribution in [0.2, 0.25) is 0 Å². The molecule has 13 heavy (non-hydrogen) atoms. The number of nitrogens with two attached hydrogens (primary N) is 1. The maximum absolute atomic E-state index is 5.69. The summed E-state index contributed by atoms with van der Waals surface area (Å²) >= 11 is 0. The zero-order valence-corrected chi connectivity index (χ0v) is 7.79. The average Bonchev–Trinajstić information content (AvgIpc) is 2.89. The number of aromatic nitrogens is 1. The van der Waals surface area contributed by atoms with E-state index < -0.39 is 0 Å². The minimum Gasteiger partial charge on any atom is -0.488 e.